The van der Waals surface area contributed by atoms with Crippen LogP contribution >= 0.6 is 27.2 Å². The summed E-state index contributed by atoms with van der Waals surface area (Å²) in [5, 5.41) is 7.92. The third-order valence-electron chi connectivity index (χ3n) is 0.539. The average Bonchev–Trinajstić information content (AvgIpc) is 1.86. The Labute approximate surface area is 77.5 Å². The van der Waals surface area contributed by atoms with Gasteiger partial charge in [-0.3, -0.25) is 0 Å². The molecule has 0 aliphatic rings. The normalized spacial score (nSPS) is 6.00. The number of halogens is 2. The molecule has 0 amide bonds. The van der Waals surface area contributed by atoms with E-state index in [0.29, 0.717) is 6.42 Å². The Balaban J connectivity index is 0. The minimum atomic E-state index is -0.250. The molecular weight excluding hydrogens is 299 g/mol. The van der Waals surface area contributed by atoms with Gasteiger partial charge in [0.05, 0.1) is 6.07 Å². The van der Waals surface area contributed by atoms with Crippen LogP contribution < -0.4 is 0 Å². The van der Waals surface area contributed by atoms with Gasteiger partial charge in [-0.05, 0) is 6.42 Å². The van der Waals surface area contributed by atoms with Gasteiger partial charge in [0.2, 0.25) is 0 Å². The summed E-state index contributed by atoms with van der Waals surface area (Å²) in [7, 11) is 0. The fourth-order valence-corrected chi connectivity index (χ4v) is 0.204. The summed E-state index contributed by atoms with van der Waals surface area (Å²) in [6, 6.07) is 2.03. The SMILES string of the molecule is [Br][Zn][Br].[CH2]CCCC#N. The molecular formula is C5H8Br2NZn. The standard InChI is InChI=1S/C5H8N.2BrH.Zn/c1-2-3-4-5-6;;;/h1-4H2;2*1H;/q;;;+2/p-2. The molecule has 1 radical (unpaired) electrons. The molecule has 0 aromatic rings. The van der Waals surface area contributed by atoms with Crippen molar-refractivity contribution >= 4 is 27.2 Å². The van der Waals surface area contributed by atoms with Crippen LogP contribution in [-0.2, 0) is 13.2 Å². The van der Waals surface area contributed by atoms with Crippen molar-refractivity contribution in [2.24, 2.45) is 0 Å². The van der Waals surface area contributed by atoms with E-state index in [1.54, 1.807) is 0 Å². The zero-order chi connectivity index (χ0) is 7.54. The van der Waals surface area contributed by atoms with Crippen molar-refractivity contribution in [2.45, 2.75) is 19.3 Å². The van der Waals surface area contributed by atoms with Gasteiger partial charge in [0.25, 0.3) is 0 Å². The molecule has 0 aromatic heterocycles. The quantitative estimate of drug-likeness (QED) is 0.568. The third kappa shape index (κ3) is 27.4. The van der Waals surface area contributed by atoms with Crippen LogP contribution in [0.4, 0.5) is 0 Å². The molecule has 0 unspecified atom stereocenters. The van der Waals surface area contributed by atoms with E-state index in [1.165, 1.54) is 0 Å². The number of hydrogen-bond donors (Lipinski definition) is 0. The van der Waals surface area contributed by atoms with Crippen molar-refractivity contribution in [3.8, 4) is 6.07 Å². The summed E-state index contributed by atoms with van der Waals surface area (Å²) < 4.78 is 0. The van der Waals surface area contributed by atoms with Crippen LogP contribution in [0, 0.1) is 18.3 Å². The van der Waals surface area contributed by atoms with Gasteiger partial charge >= 0.3 is 40.5 Å². The van der Waals surface area contributed by atoms with E-state index in [4.69, 9.17) is 5.26 Å². The summed E-state index contributed by atoms with van der Waals surface area (Å²) in [5.74, 6) is 0. The van der Waals surface area contributed by atoms with Crippen molar-refractivity contribution in [3.63, 3.8) is 0 Å². The van der Waals surface area contributed by atoms with Gasteiger partial charge in [-0.2, -0.15) is 5.26 Å². The Morgan fingerprint density at radius 3 is 2.11 bits per heavy atom. The first-order chi connectivity index (χ1) is 4.33. The van der Waals surface area contributed by atoms with Crippen molar-refractivity contribution in [2.75, 3.05) is 0 Å². The molecule has 0 saturated heterocycles. The molecule has 0 rings (SSSR count). The number of rotatable bonds is 2. The minimum Gasteiger partial charge on any atom is -0.198 e. The van der Waals surface area contributed by atoms with E-state index in [2.05, 4.69) is 34.2 Å². The zero-order valence-electron chi connectivity index (χ0n) is 5.24. The molecule has 4 heteroatoms. The zero-order valence-corrected chi connectivity index (χ0v) is 11.4. The smallest absolute Gasteiger partial charge is 0.0621 e. The molecule has 0 fully saturated rings. The van der Waals surface area contributed by atoms with Crippen LogP contribution in [0.15, 0.2) is 0 Å². The van der Waals surface area contributed by atoms with Gasteiger partial charge in [0, 0.05) is 6.42 Å². The Morgan fingerprint density at radius 1 is 1.56 bits per heavy atom. The molecule has 49 valence electrons. The monoisotopic (exact) mass is 304 g/mol. The van der Waals surface area contributed by atoms with Gasteiger partial charge in [-0.1, -0.05) is 13.3 Å². The molecule has 0 aliphatic heterocycles. The van der Waals surface area contributed by atoms with Crippen molar-refractivity contribution in [1.82, 2.24) is 0 Å². The number of nitrogens with zero attached hydrogens (tertiary/aromatic N) is 1. The Morgan fingerprint density at radius 2 is 2.00 bits per heavy atom. The van der Waals surface area contributed by atoms with E-state index in [0.717, 1.165) is 12.8 Å². The predicted molar refractivity (Wildman–Crippen MR) is 42.7 cm³/mol. The maximum Gasteiger partial charge on any atom is 0.0621 e. The molecule has 1 nitrogen and oxygen atoms in total. The largest absolute Gasteiger partial charge is 0.198 e. The topological polar surface area (TPSA) is 23.8 Å². The van der Waals surface area contributed by atoms with Crippen molar-refractivity contribution in [1.29, 1.82) is 5.26 Å². The van der Waals surface area contributed by atoms with E-state index in [-0.39, 0.29) is 13.2 Å². The maximum atomic E-state index is 7.92. The summed E-state index contributed by atoms with van der Waals surface area (Å²) in [5.41, 5.74) is 0. The summed E-state index contributed by atoms with van der Waals surface area (Å²) in [6.45, 7) is 3.57. The molecule has 0 bridgehead atoms. The molecule has 0 aliphatic carbocycles. The molecule has 0 atom stereocenters. The van der Waals surface area contributed by atoms with Gasteiger partial charge in [0.1, 0.15) is 0 Å². The second-order valence-electron chi connectivity index (χ2n) is 1.22. The van der Waals surface area contributed by atoms with Crippen LogP contribution in [0.3, 0.4) is 0 Å². The van der Waals surface area contributed by atoms with Crippen LogP contribution in [0.25, 0.3) is 0 Å². The molecule has 0 N–H and O–H groups in total. The van der Waals surface area contributed by atoms with E-state index >= 15 is 0 Å². The Kier molecular flexibility index (Phi) is 22.7. The first-order valence-corrected chi connectivity index (χ1v) is 16.5. The predicted octanol–water partition coefficient (Wildman–Crippen LogP) is 3.20. The summed E-state index contributed by atoms with van der Waals surface area (Å²) in [4.78, 5) is 0. The van der Waals surface area contributed by atoms with Crippen LogP contribution in [-0.4, -0.2) is 0 Å². The molecule has 0 saturated carbocycles. The summed E-state index contributed by atoms with van der Waals surface area (Å²) in [6.07, 6.45) is 2.48. The number of unbranched alkanes of at least 4 members (excludes halogenated alkanes) is 2. The Hall–Kier alpha value is 1.07. The van der Waals surface area contributed by atoms with Crippen LogP contribution in [0.1, 0.15) is 19.3 Å². The molecule has 0 heterocycles. The van der Waals surface area contributed by atoms with E-state index < -0.39 is 0 Å². The minimum absolute atomic E-state index is 0.250. The average molecular weight is 307 g/mol. The third-order valence-corrected chi connectivity index (χ3v) is 0.539. The number of hydrogen-bond acceptors (Lipinski definition) is 1. The number of nitriles is 1. The molecule has 9 heavy (non-hydrogen) atoms. The molecule has 0 spiro atoms. The fraction of sp³-hybridized carbons (Fsp3) is 0.600. The Bertz CT molecular complexity index is 71.8. The first kappa shape index (κ1) is 12.7. The van der Waals surface area contributed by atoms with Gasteiger partial charge in [0.15, 0.2) is 0 Å². The van der Waals surface area contributed by atoms with E-state index in [1.807, 2.05) is 6.07 Å². The fourth-order valence-electron chi connectivity index (χ4n) is 0.204. The second kappa shape index (κ2) is 16.0. The van der Waals surface area contributed by atoms with Crippen LogP contribution in [0.5, 0.6) is 0 Å². The van der Waals surface area contributed by atoms with E-state index in [9.17, 15) is 0 Å². The van der Waals surface area contributed by atoms with Gasteiger partial charge in [-0.15, -0.1) is 0 Å². The van der Waals surface area contributed by atoms with Gasteiger partial charge in [-0.25, -0.2) is 0 Å². The second-order valence-corrected chi connectivity index (χ2v) is 15.3. The summed E-state index contributed by atoms with van der Waals surface area (Å²) >= 11 is 6.25. The first-order valence-electron chi connectivity index (χ1n) is 2.61. The molecule has 0 aromatic carbocycles. The van der Waals surface area contributed by atoms with Crippen molar-refractivity contribution in [3.05, 3.63) is 6.92 Å². The van der Waals surface area contributed by atoms with Gasteiger partial charge < -0.3 is 0 Å². The van der Waals surface area contributed by atoms with Crippen molar-refractivity contribution < 1.29 is 13.2 Å². The van der Waals surface area contributed by atoms with Crippen LogP contribution in [0.2, 0.25) is 0 Å². The maximum absolute atomic E-state index is 7.92.